The second-order valence-electron chi connectivity index (χ2n) is 6.87. The first-order valence-corrected chi connectivity index (χ1v) is 9.36. The molecule has 1 unspecified atom stereocenters. The minimum absolute atomic E-state index is 0.673. The highest BCUT2D eigenvalue weighted by atomic mass is 16.5. The van der Waals surface area contributed by atoms with Crippen molar-refractivity contribution < 1.29 is 4.74 Å². The minimum atomic E-state index is 0.673. The maximum absolute atomic E-state index is 6.10. The number of hydrogen-bond donors (Lipinski definition) is 0. The monoisotopic (exact) mass is 323 g/mol. The van der Waals surface area contributed by atoms with E-state index in [1.807, 2.05) is 0 Å². The molecular formula is C22H29NO. The molecule has 0 amide bonds. The van der Waals surface area contributed by atoms with Crippen molar-refractivity contribution in [3.63, 3.8) is 0 Å². The van der Waals surface area contributed by atoms with E-state index in [0.29, 0.717) is 5.92 Å². The molecule has 1 saturated heterocycles. The molecule has 0 saturated carbocycles. The fourth-order valence-electron chi connectivity index (χ4n) is 3.45. The molecule has 0 aromatic heterocycles. The molecule has 1 fully saturated rings. The van der Waals surface area contributed by atoms with E-state index in [1.54, 1.807) is 0 Å². The van der Waals surface area contributed by atoms with Gasteiger partial charge in [-0.15, -0.1) is 0 Å². The highest BCUT2D eigenvalue weighted by molar-refractivity contribution is 5.64. The van der Waals surface area contributed by atoms with E-state index in [0.717, 1.165) is 12.4 Å². The molecule has 0 spiro atoms. The van der Waals surface area contributed by atoms with Crippen LogP contribution in [0.1, 0.15) is 32.6 Å². The maximum Gasteiger partial charge on any atom is 0.119 e. The van der Waals surface area contributed by atoms with E-state index >= 15 is 0 Å². The Morgan fingerprint density at radius 1 is 1.00 bits per heavy atom. The summed E-state index contributed by atoms with van der Waals surface area (Å²) in [6, 6.07) is 19.0. The van der Waals surface area contributed by atoms with Crippen LogP contribution in [0.25, 0.3) is 11.1 Å². The molecule has 0 radical (unpaired) electrons. The Labute approximate surface area is 146 Å². The van der Waals surface area contributed by atoms with Crippen LogP contribution in [0.5, 0.6) is 5.75 Å². The van der Waals surface area contributed by atoms with Gasteiger partial charge >= 0.3 is 0 Å². The first kappa shape index (κ1) is 17.0. The lowest BCUT2D eigenvalue weighted by molar-refractivity contribution is 0.239. The molecule has 1 atom stereocenters. The summed E-state index contributed by atoms with van der Waals surface area (Å²) < 4.78 is 6.10. The van der Waals surface area contributed by atoms with E-state index in [9.17, 15) is 0 Å². The molecule has 1 aliphatic heterocycles. The SMILES string of the molecule is CCCCCN1CCC(COc2cccc(-c3ccccc3)c2)C1. The van der Waals surface area contributed by atoms with Crippen LogP contribution in [0.2, 0.25) is 0 Å². The van der Waals surface area contributed by atoms with Crippen LogP contribution in [0.15, 0.2) is 54.6 Å². The van der Waals surface area contributed by atoms with Crippen LogP contribution in [0.4, 0.5) is 0 Å². The standard InChI is InChI=1S/C22H29NO/c1-2-3-7-14-23-15-13-19(17-23)18-24-22-12-8-11-21(16-22)20-9-5-4-6-10-20/h4-6,8-12,16,19H,2-3,7,13-15,17-18H2,1H3. The fraction of sp³-hybridized carbons (Fsp3) is 0.455. The minimum Gasteiger partial charge on any atom is -0.493 e. The molecule has 0 aliphatic carbocycles. The van der Waals surface area contributed by atoms with E-state index < -0.39 is 0 Å². The van der Waals surface area contributed by atoms with Gasteiger partial charge in [0.1, 0.15) is 5.75 Å². The first-order chi connectivity index (χ1) is 11.8. The number of nitrogens with zero attached hydrogens (tertiary/aromatic N) is 1. The second kappa shape index (κ2) is 8.89. The quantitative estimate of drug-likeness (QED) is 0.616. The lowest BCUT2D eigenvalue weighted by atomic mass is 10.1. The number of unbranched alkanes of at least 4 members (excludes halogenated alkanes) is 2. The molecule has 3 rings (SSSR count). The molecule has 2 aromatic rings. The topological polar surface area (TPSA) is 12.5 Å². The predicted octanol–water partition coefficient (Wildman–Crippen LogP) is 5.24. The van der Waals surface area contributed by atoms with Crippen molar-refractivity contribution >= 4 is 0 Å². The average molecular weight is 323 g/mol. The molecule has 1 heterocycles. The third-order valence-corrected chi connectivity index (χ3v) is 4.87. The van der Waals surface area contributed by atoms with Crippen LogP contribution in [0, 0.1) is 5.92 Å². The maximum atomic E-state index is 6.10. The van der Waals surface area contributed by atoms with Crippen LogP contribution in [-0.4, -0.2) is 31.1 Å². The zero-order valence-corrected chi connectivity index (χ0v) is 14.8. The largest absolute Gasteiger partial charge is 0.493 e. The van der Waals surface area contributed by atoms with Gasteiger partial charge < -0.3 is 9.64 Å². The van der Waals surface area contributed by atoms with Gasteiger partial charge in [0.05, 0.1) is 6.61 Å². The lowest BCUT2D eigenvalue weighted by Crippen LogP contribution is -2.23. The number of hydrogen-bond acceptors (Lipinski definition) is 2. The van der Waals surface area contributed by atoms with E-state index in [1.165, 1.54) is 56.4 Å². The Balaban J connectivity index is 1.49. The van der Waals surface area contributed by atoms with Crippen molar-refractivity contribution in [1.82, 2.24) is 4.90 Å². The number of ether oxygens (including phenoxy) is 1. The van der Waals surface area contributed by atoms with Gasteiger partial charge in [-0.3, -0.25) is 0 Å². The van der Waals surface area contributed by atoms with Crippen molar-refractivity contribution in [2.45, 2.75) is 32.6 Å². The van der Waals surface area contributed by atoms with Gasteiger partial charge in [0, 0.05) is 12.5 Å². The second-order valence-corrected chi connectivity index (χ2v) is 6.87. The van der Waals surface area contributed by atoms with Gasteiger partial charge in [-0.2, -0.15) is 0 Å². The molecule has 0 N–H and O–H groups in total. The van der Waals surface area contributed by atoms with Crippen molar-refractivity contribution in [3.05, 3.63) is 54.6 Å². The summed E-state index contributed by atoms with van der Waals surface area (Å²) in [7, 11) is 0. The van der Waals surface area contributed by atoms with Gasteiger partial charge in [-0.25, -0.2) is 0 Å². The van der Waals surface area contributed by atoms with Crippen LogP contribution >= 0.6 is 0 Å². The lowest BCUT2D eigenvalue weighted by Gasteiger charge is -2.16. The summed E-state index contributed by atoms with van der Waals surface area (Å²) in [5.41, 5.74) is 2.46. The molecule has 128 valence electrons. The van der Waals surface area contributed by atoms with Crippen LogP contribution in [-0.2, 0) is 0 Å². The summed E-state index contributed by atoms with van der Waals surface area (Å²) in [4.78, 5) is 2.60. The summed E-state index contributed by atoms with van der Waals surface area (Å²) in [5.74, 6) is 1.66. The van der Waals surface area contributed by atoms with Crippen LogP contribution in [0.3, 0.4) is 0 Å². The van der Waals surface area contributed by atoms with E-state index in [2.05, 4.69) is 66.4 Å². The van der Waals surface area contributed by atoms with Gasteiger partial charge in [0.25, 0.3) is 0 Å². The predicted molar refractivity (Wildman–Crippen MR) is 101 cm³/mol. The van der Waals surface area contributed by atoms with Crippen molar-refractivity contribution in [2.24, 2.45) is 5.92 Å². The summed E-state index contributed by atoms with van der Waals surface area (Å²) in [6.45, 7) is 6.80. The normalized spacial score (nSPS) is 18.0. The third kappa shape index (κ3) is 4.85. The molecule has 1 aliphatic rings. The van der Waals surface area contributed by atoms with Gasteiger partial charge in [-0.05, 0) is 49.2 Å². The van der Waals surface area contributed by atoms with E-state index in [-0.39, 0.29) is 0 Å². The summed E-state index contributed by atoms with van der Waals surface area (Å²) in [5, 5.41) is 0. The highest BCUT2D eigenvalue weighted by Gasteiger charge is 2.22. The first-order valence-electron chi connectivity index (χ1n) is 9.36. The fourth-order valence-corrected chi connectivity index (χ4v) is 3.45. The van der Waals surface area contributed by atoms with Gasteiger partial charge in [-0.1, -0.05) is 62.2 Å². The smallest absolute Gasteiger partial charge is 0.119 e. The van der Waals surface area contributed by atoms with Gasteiger partial charge in [0.15, 0.2) is 0 Å². The Kier molecular flexibility index (Phi) is 6.31. The van der Waals surface area contributed by atoms with E-state index in [4.69, 9.17) is 4.74 Å². The molecule has 0 bridgehead atoms. The third-order valence-electron chi connectivity index (χ3n) is 4.87. The number of rotatable bonds is 8. The highest BCUT2D eigenvalue weighted by Crippen LogP contribution is 2.25. The van der Waals surface area contributed by atoms with Crippen LogP contribution < -0.4 is 4.74 Å². The van der Waals surface area contributed by atoms with Crippen molar-refractivity contribution in [1.29, 1.82) is 0 Å². The van der Waals surface area contributed by atoms with Crippen molar-refractivity contribution in [3.8, 4) is 16.9 Å². The summed E-state index contributed by atoms with van der Waals surface area (Å²) in [6.07, 6.45) is 5.26. The zero-order valence-electron chi connectivity index (χ0n) is 14.8. The number of benzene rings is 2. The zero-order chi connectivity index (χ0) is 16.6. The average Bonchev–Trinajstić information content (AvgIpc) is 3.09. The van der Waals surface area contributed by atoms with Gasteiger partial charge in [0.2, 0.25) is 0 Å². The van der Waals surface area contributed by atoms with Crippen molar-refractivity contribution in [2.75, 3.05) is 26.2 Å². The molecule has 24 heavy (non-hydrogen) atoms. The Bertz CT molecular complexity index is 610. The molecule has 2 heteroatoms. The Morgan fingerprint density at radius 2 is 1.83 bits per heavy atom. The Hall–Kier alpha value is -1.80. The number of likely N-dealkylation sites (tertiary alicyclic amines) is 1. The molecule has 2 nitrogen and oxygen atoms in total. The molecule has 2 aromatic carbocycles. The summed E-state index contributed by atoms with van der Waals surface area (Å²) >= 11 is 0. The molecular weight excluding hydrogens is 294 g/mol. The Morgan fingerprint density at radius 3 is 2.67 bits per heavy atom.